The van der Waals surface area contributed by atoms with Crippen molar-refractivity contribution in [1.29, 1.82) is 0 Å². The van der Waals surface area contributed by atoms with Crippen LogP contribution in [0.3, 0.4) is 0 Å². The zero-order chi connectivity index (χ0) is 14.0. The summed E-state index contributed by atoms with van der Waals surface area (Å²) in [4.78, 5) is 22.6. The highest BCUT2D eigenvalue weighted by atomic mass is 16.5. The molecular weight excluding hydrogens is 248 g/mol. The third kappa shape index (κ3) is 3.33. The molecule has 0 radical (unpaired) electrons. The first kappa shape index (κ1) is 13.6. The zero-order valence-electron chi connectivity index (χ0n) is 11.0. The summed E-state index contributed by atoms with van der Waals surface area (Å²) in [5, 5.41) is 15.1. The molecule has 1 amide bonds. The maximum Gasteiger partial charge on any atom is 0.374 e. The van der Waals surface area contributed by atoms with E-state index in [2.05, 4.69) is 28.8 Å². The van der Waals surface area contributed by atoms with Crippen LogP contribution in [-0.2, 0) is 0 Å². The van der Waals surface area contributed by atoms with Crippen molar-refractivity contribution in [2.75, 3.05) is 0 Å². The Kier molecular flexibility index (Phi) is 3.87. The lowest BCUT2D eigenvalue weighted by Gasteiger charge is -2.31. The Labute approximate surface area is 111 Å². The van der Waals surface area contributed by atoms with Crippen LogP contribution in [0.25, 0.3) is 0 Å². The third-order valence-corrected chi connectivity index (χ3v) is 3.47. The average Bonchev–Trinajstić information content (AvgIpc) is 2.76. The van der Waals surface area contributed by atoms with Gasteiger partial charge in [-0.05, 0) is 31.1 Å². The number of carboxylic acids is 1. The fourth-order valence-electron chi connectivity index (χ4n) is 2.81. The fourth-order valence-corrected chi connectivity index (χ4v) is 2.81. The van der Waals surface area contributed by atoms with Crippen LogP contribution in [-0.4, -0.2) is 28.2 Å². The van der Waals surface area contributed by atoms with Gasteiger partial charge in [0.15, 0.2) is 5.69 Å². The first-order valence-electron chi connectivity index (χ1n) is 6.46. The summed E-state index contributed by atoms with van der Waals surface area (Å²) in [5.74, 6) is -0.758. The quantitative estimate of drug-likeness (QED) is 0.872. The first-order valence-corrected chi connectivity index (χ1v) is 6.46. The maximum atomic E-state index is 11.9. The lowest BCUT2D eigenvalue weighted by Crippen LogP contribution is -2.40. The number of carbonyl (C=O) groups is 2. The van der Waals surface area contributed by atoms with Crippen molar-refractivity contribution < 1.29 is 19.2 Å². The van der Waals surface area contributed by atoms with Gasteiger partial charge in [0.2, 0.25) is 5.76 Å². The van der Waals surface area contributed by atoms with Crippen LogP contribution in [0.15, 0.2) is 10.6 Å². The molecule has 1 heterocycles. The van der Waals surface area contributed by atoms with Gasteiger partial charge < -0.3 is 14.9 Å². The number of hydrogen-bond donors (Lipinski definition) is 2. The number of rotatable bonds is 3. The van der Waals surface area contributed by atoms with Gasteiger partial charge in [-0.1, -0.05) is 19.0 Å². The molecule has 1 fully saturated rings. The van der Waals surface area contributed by atoms with Crippen LogP contribution >= 0.6 is 0 Å². The molecule has 1 aliphatic carbocycles. The maximum absolute atomic E-state index is 11.9. The second kappa shape index (κ2) is 5.42. The van der Waals surface area contributed by atoms with E-state index < -0.39 is 5.97 Å². The fraction of sp³-hybridized carbons (Fsp3) is 0.615. The lowest BCUT2D eigenvalue weighted by molar-refractivity contribution is 0.0650. The van der Waals surface area contributed by atoms with Gasteiger partial charge in [-0.15, -0.1) is 0 Å². The molecule has 1 aliphatic rings. The lowest BCUT2D eigenvalue weighted by atomic mass is 9.80. The number of nitrogens with zero attached hydrogens (tertiary/aromatic N) is 1. The largest absolute Gasteiger partial charge is 0.475 e. The molecule has 0 aliphatic heterocycles. The third-order valence-electron chi connectivity index (χ3n) is 3.47. The van der Waals surface area contributed by atoms with Gasteiger partial charge in [0.05, 0.1) is 0 Å². The number of hydrogen-bond acceptors (Lipinski definition) is 4. The smallest absolute Gasteiger partial charge is 0.374 e. The topological polar surface area (TPSA) is 92.4 Å². The molecule has 1 aromatic heterocycles. The molecule has 2 unspecified atom stereocenters. The van der Waals surface area contributed by atoms with Crippen LogP contribution in [0.2, 0.25) is 0 Å². The molecule has 1 aromatic rings. The van der Waals surface area contributed by atoms with Crippen LogP contribution in [0.5, 0.6) is 0 Å². The van der Waals surface area contributed by atoms with Crippen molar-refractivity contribution in [1.82, 2.24) is 10.5 Å². The van der Waals surface area contributed by atoms with Gasteiger partial charge in [0, 0.05) is 12.1 Å². The summed E-state index contributed by atoms with van der Waals surface area (Å²) < 4.78 is 4.57. The normalized spacial score (nSPS) is 26.9. The average molecular weight is 266 g/mol. The molecule has 2 N–H and O–H groups in total. The van der Waals surface area contributed by atoms with Gasteiger partial charge in [0.25, 0.3) is 5.91 Å². The summed E-state index contributed by atoms with van der Waals surface area (Å²) in [5.41, 5.74) is 0.0169. The second-order valence-corrected chi connectivity index (χ2v) is 5.47. The van der Waals surface area contributed by atoms with Crippen LogP contribution < -0.4 is 5.32 Å². The van der Waals surface area contributed by atoms with Crippen molar-refractivity contribution in [2.24, 2.45) is 11.8 Å². The Morgan fingerprint density at radius 3 is 2.47 bits per heavy atom. The van der Waals surface area contributed by atoms with E-state index >= 15 is 0 Å². The molecule has 0 spiro atoms. The molecular formula is C13H18N2O4. The summed E-state index contributed by atoms with van der Waals surface area (Å²) in [7, 11) is 0. The highest BCUT2D eigenvalue weighted by molar-refractivity contribution is 5.94. The molecule has 2 atom stereocenters. The Morgan fingerprint density at radius 1 is 1.32 bits per heavy atom. The summed E-state index contributed by atoms with van der Waals surface area (Å²) in [6, 6.07) is 1.27. The summed E-state index contributed by atoms with van der Waals surface area (Å²) in [6.07, 6.45) is 3.07. The van der Waals surface area contributed by atoms with Gasteiger partial charge in [-0.2, -0.15) is 0 Å². The highest BCUT2D eigenvalue weighted by Gasteiger charge is 2.26. The SMILES string of the molecule is CC1CC(C)CC(NC(=O)c2cc(C(=O)O)on2)C1. The second-order valence-electron chi connectivity index (χ2n) is 5.47. The van der Waals surface area contributed by atoms with Gasteiger partial charge in [-0.3, -0.25) is 4.79 Å². The minimum atomic E-state index is -1.23. The minimum absolute atomic E-state index is 0.0169. The van der Waals surface area contributed by atoms with Crippen molar-refractivity contribution in [3.05, 3.63) is 17.5 Å². The van der Waals surface area contributed by atoms with Gasteiger partial charge in [0.1, 0.15) is 0 Å². The number of aromatic carboxylic acids is 1. The molecule has 6 nitrogen and oxygen atoms in total. The predicted molar refractivity (Wildman–Crippen MR) is 66.9 cm³/mol. The number of carboxylic acid groups (broad SMARTS) is 1. The Morgan fingerprint density at radius 2 is 1.95 bits per heavy atom. The molecule has 104 valence electrons. The standard InChI is InChI=1S/C13H18N2O4/c1-7-3-8(2)5-9(4-7)14-12(16)10-6-11(13(17)18)19-15-10/h6-9H,3-5H2,1-2H3,(H,14,16)(H,17,18). The first-order chi connectivity index (χ1) is 8.95. The van der Waals surface area contributed by atoms with E-state index in [0.717, 1.165) is 18.9 Å². The van der Waals surface area contributed by atoms with E-state index in [4.69, 9.17) is 5.11 Å². The zero-order valence-corrected chi connectivity index (χ0v) is 11.0. The molecule has 0 saturated heterocycles. The highest BCUT2D eigenvalue weighted by Crippen LogP contribution is 2.28. The van der Waals surface area contributed by atoms with E-state index in [0.29, 0.717) is 11.8 Å². The van der Waals surface area contributed by atoms with E-state index in [1.165, 1.54) is 6.42 Å². The molecule has 6 heteroatoms. The van der Waals surface area contributed by atoms with Crippen molar-refractivity contribution >= 4 is 11.9 Å². The molecule has 1 saturated carbocycles. The van der Waals surface area contributed by atoms with E-state index in [1.807, 2.05) is 0 Å². The van der Waals surface area contributed by atoms with Crippen molar-refractivity contribution in [3.8, 4) is 0 Å². The number of aromatic nitrogens is 1. The van der Waals surface area contributed by atoms with E-state index in [1.54, 1.807) is 0 Å². The van der Waals surface area contributed by atoms with E-state index in [-0.39, 0.29) is 23.4 Å². The van der Waals surface area contributed by atoms with Gasteiger partial charge in [-0.25, -0.2) is 4.79 Å². The molecule has 2 rings (SSSR count). The summed E-state index contributed by atoms with van der Waals surface area (Å²) in [6.45, 7) is 4.35. The van der Waals surface area contributed by atoms with Crippen molar-refractivity contribution in [3.63, 3.8) is 0 Å². The van der Waals surface area contributed by atoms with Crippen molar-refractivity contribution in [2.45, 2.75) is 39.2 Å². The van der Waals surface area contributed by atoms with E-state index in [9.17, 15) is 9.59 Å². The van der Waals surface area contributed by atoms with Gasteiger partial charge >= 0.3 is 5.97 Å². The number of nitrogens with one attached hydrogen (secondary N) is 1. The Bertz CT molecular complexity index is 473. The molecule has 19 heavy (non-hydrogen) atoms. The summed E-state index contributed by atoms with van der Waals surface area (Å²) >= 11 is 0. The number of carbonyl (C=O) groups excluding carboxylic acids is 1. The Hall–Kier alpha value is -1.85. The Balaban J connectivity index is 1.98. The van der Waals surface area contributed by atoms with Crippen LogP contribution in [0, 0.1) is 11.8 Å². The minimum Gasteiger partial charge on any atom is -0.475 e. The number of amides is 1. The molecule has 0 bridgehead atoms. The predicted octanol–water partition coefficient (Wildman–Crippen LogP) is 1.93. The molecule has 0 aromatic carbocycles. The van der Waals surface area contributed by atoms with Crippen LogP contribution in [0.1, 0.15) is 54.2 Å². The van der Waals surface area contributed by atoms with Crippen LogP contribution in [0.4, 0.5) is 0 Å². The monoisotopic (exact) mass is 266 g/mol.